The van der Waals surface area contributed by atoms with E-state index >= 15 is 0 Å². The van der Waals surface area contributed by atoms with Crippen LogP contribution in [0.15, 0.2) is 18.5 Å². The minimum atomic E-state index is -5.80. The topological polar surface area (TPSA) is 54.9 Å². The average Bonchev–Trinajstić information content (AvgIpc) is 2.26. The van der Waals surface area contributed by atoms with E-state index in [1.54, 1.807) is 0 Å². The van der Waals surface area contributed by atoms with Gasteiger partial charge in [0.05, 0.1) is 0 Å². The van der Waals surface area contributed by atoms with Crippen LogP contribution in [0.25, 0.3) is 0 Å². The summed E-state index contributed by atoms with van der Waals surface area (Å²) in [6.45, 7) is -0.245. The number of amides is 1. The van der Waals surface area contributed by atoms with Gasteiger partial charge in [-0.05, 0) is 13.0 Å². The average molecular weight is 287 g/mol. The molecule has 0 radical (unpaired) electrons. The second-order valence-electron chi connectivity index (χ2n) is 3.65. The van der Waals surface area contributed by atoms with E-state index in [0.717, 1.165) is 12.4 Å². The molecular formula is C9H7F6N3O. The molecule has 1 rings (SSSR count). The number of nitrogens with zero attached hydrogens (tertiary/aromatic N) is 2. The summed E-state index contributed by atoms with van der Waals surface area (Å²) in [6.07, 6.45) is -9.49. The third-order valence-corrected chi connectivity index (χ3v) is 2.38. The van der Waals surface area contributed by atoms with Gasteiger partial charge in [0.25, 0.3) is 5.91 Å². The Kier molecular flexibility index (Phi) is 3.73. The van der Waals surface area contributed by atoms with Crippen LogP contribution in [0.2, 0.25) is 0 Å². The van der Waals surface area contributed by atoms with E-state index in [0.29, 0.717) is 0 Å². The van der Waals surface area contributed by atoms with E-state index in [-0.39, 0.29) is 6.92 Å². The first-order chi connectivity index (χ1) is 8.50. The first kappa shape index (κ1) is 15.2. The fourth-order valence-corrected chi connectivity index (χ4v) is 1.01. The Hall–Kier alpha value is -1.87. The molecule has 1 aromatic heterocycles. The summed E-state index contributed by atoms with van der Waals surface area (Å²) in [5, 5.41) is 1.39. The van der Waals surface area contributed by atoms with Crippen LogP contribution in [-0.4, -0.2) is 28.2 Å². The van der Waals surface area contributed by atoms with Crippen LogP contribution in [0.3, 0.4) is 0 Å². The van der Waals surface area contributed by atoms with Gasteiger partial charge in [-0.25, -0.2) is 9.97 Å². The lowest BCUT2D eigenvalue weighted by Crippen LogP contribution is -2.55. The summed E-state index contributed by atoms with van der Waals surface area (Å²) < 4.78 is 75.2. The van der Waals surface area contributed by atoms with E-state index in [1.165, 1.54) is 11.4 Å². The van der Waals surface area contributed by atoms with Gasteiger partial charge in [-0.1, -0.05) is 0 Å². The highest BCUT2D eigenvalue weighted by molar-refractivity contribution is 5.94. The second kappa shape index (κ2) is 4.67. The van der Waals surface area contributed by atoms with Crippen molar-refractivity contribution in [3.05, 3.63) is 18.5 Å². The number of anilines is 1. The summed E-state index contributed by atoms with van der Waals surface area (Å²) in [7, 11) is 0. The molecule has 106 valence electrons. The van der Waals surface area contributed by atoms with E-state index in [4.69, 9.17) is 0 Å². The zero-order valence-electron chi connectivity index (χ0n) is 9.30. The minimum absolute atomic E-state index is 0.245. The van der Waals surface area contributed by atoms with Crippen molar-refractivity contribution in [3.63, 3.8) is 0 Å². The molecule has 4 nitrogen and oxygen atoms in total. The van der Waals surface area contributed by atoms with Gasteiger partial charge in [0.1, 0.15) is 0 Å². The Balaban J connectivity index is 3.11. The smallest absolute Gasteiger partial charge is 0.293 e. The van der Waals surface area contributed by atoms with Gasteiger partial charge in [-0.3, -0.25) is 10.1 Å². The molecule has 0 aliphatic heterocycles. The van der Waals surface area contributed by atoms with Gasteiger partial charge < -0.3 is 0 Å². The molecule has 10 heteroatoms. The molecule has 0 bridgehead atoms. The van der Waals surface area contributed by atoms with Crippen LogP contribution in [0.5, 0.6) is 0 Å². The van der Waals surface area contributed by atoms with Gasteiger partial charge in [0, 0.05) is 12.4 Å². The number of carbonyl (C=O) groups is 1. The van der Waals surface area contributed by atoms with Crippen LogP contribution in [0, 0.1) is 5.41 Å². The van der Waals surface area contributed by atoms with E-state index < -0.39 is 29.6 Å². The lowest BCUT2D eigenvalue weighted by Gasteiger charge is -2.31. The minimum Gasteiger partial charge on any atom is -0.293 e. The molecule has 0 aliphatic carbocycles. The molecule has 0 fully saturated rings. The zero-order valence-corrected chi connectivity index (χ0v) is 9.30. The van der Waals surface area contributed by atoms with Crippen molar-refractivity contribution < 1.29 is 31.1 Å². The van der Waals surface area contributed by atoms with Crippen molar-refractivity contribution in [2.24, 2.45) is 5.41 Å². The van der Waals surface area contributed by atoms with Crippen molar-refractivity contribution in [1.82, 2.24) is 9.97 Å². The van der Waals surface area contributed by atoms with E-state index in [9.17, 15) is 31.1 Å². The standard InChI is InChI=1S/C9H7F6N3O/c1-7(8(10,11)12,9(13,14)15)5(19)18-6-16-3-2-4-17-6/h2-4H,1H3,(H,16,17,18,19). The number of rotatable bonds is 2. The molecule has 1 amide bonds. The number of nitrogens with one attached hydrogen (secondary N) is 1. The highest BCUT2D eigenvalue weighted by Gasteiger charge is 2.72. The van der Waals surface area contributed by atoms with Crippen LogP contribution in [0.4, 0.5) is 32.3 Å². The fourth-order valence-electron chi connectivity index (χ4n) is 1.01. The molecule has 1 aromatic rings. The molecule has 0 atom stereocenters. The quantitative estimate of drug-likeness (QED) is 0.850. The first-order valence-electron chi connectivity index (χ1n) is 4.72. The monoisotopic (exact) mass is 287 g/mol. The molecule has 0 aromatic carbocycles. The Bertz CT molecular complexity index is 441. The number of carbonyl (C=O) groups excluding carboxylic acids is 1. The van der Waals surface area contributed by atoms with Gasteiger partial charge in [0.2, 0.25) is 11.4 Å². The second-order valence-corrected chi connectivity index (χ2v) is 3.65. The zero-order chi connectivity index (χ0) is 14.9. The molecule has 19 heavy (non-hydrogen) atoms. The maximum atomic E-state index is 12.5. The van der Waals surface area contributed by atoms with Gasteiger partial charge >= 0.3 is 12.4 Å². The van der Waals surface area contributed by atoms with Gasteiger partial charge in [-0.15, -0.1) is 0 Å². The normalized spacial score (nSPS) is 13.2. The summed E-state index contributed by atoms with van der Waals surface area (Å²) >= 11 is 0. The van der Waals surface area contributed by atoms with E-state index in [2.05, 4.69) is 9.97 Å². The molecule has 1 heterocycles. The summed E-state index contributed by atoms with van der Waals surface area (Å²) in [5.74, 6) is -2.94. The Morgan fingerprint density at radius 1 is 1.05 bits per heavy atom. The van der Waals surface area contributed by atoms with Crippen LogP contribution in [-0.2, 0) is 4.79 Å². The molecular weight excluding hydrogens is 280 g/mol. The number of alkyl halides is 6. The Labute approximate surface area is 102 Å². The highest BCUT2D eigenvalue weighted by Crippen LogP contribution is 2.50. The highest BCUT2D eigenvalue weighted by atomic mass is 19.4. The van der Waals surface area contributed by atoms with Crippen molar-refractivity contribution in [1.29, 1.82) is 0 Å². The molecule has 1 N–H and O–H groups in total. The number of halogens is 6. The van der Waals surface area contributed by atoms with Crippen LogP contribution < -0.4 is 5.32 Å². The third-order valence-electron chi connectivity index (χ3n) is 2.38. The number of hydrogen-bond donors (Lipinski definition) is 1. The summed E-state index contributed by atoms with van der Waals surface area (Å²) in [6, 6.07) is 1.28. The third kappa shape index (κ3) is 2.76. The predicted molar refractivity (Wildman–Crippen MR) is 50.9 cm³/mol. The Morgan fingerprint density at radius 2 is 1.47 bits per heavy atom. The van der Waals surface area contributed by atoms with Gasteiger partial charge in [-0.2, -0.15) is 26.3 Å². The molecule has 0 aliphatic rings. The molecule has 0 saturated carbocycles. The number of hydrogen-bond acceptors (Lipinski definition) is 3. The van der Waals surface area contributed by atoms with E-state index in [1.807, 2.05) is 0 Å². The van der Waals surface area contributed by atoms with Crippen molar-refractivity contribution in [3.8, 4) is 0 Å². The van der Waals surface area contributed by atoms with Gasteiger partial charge in [0.15, 0.2) is 0 Å². The van der Waals surface area contributed by atoms with Crippen molar-refractivity contribution >= 4 is 11.9 Å². The Morgan fingerprint density at radius 3 is 1.84 bits per heavy atom. The largest absolute Gasteiger partial charge is 0.411 e. The summed E-state index contributed by atoms with van der Waals surface area (Å²) in [4.78, 5) is 17.9. The maximum absolute atomic E-state index is 12.5. The lowest BCUT2D eigenvalue weighted by molar-refractivity contribution is -0.317. The summed E-state index contributed by atoms with van der Waals surface area (Å²) in [5.41, 5.74) is -4.54. The molecule has 0 spiro atoms. The maximum Gasteiger partial charge on any atom is 0.411 e. The van der Waals surface area contributed by atoms with Crippen molar-refractivity contribution in [2.75, 3.05) is 5.32 Å². The van der Waals surface area contributed by atoms with Crippen molar-refractivity contribution in [2.45, 2.75) is 19.3 Å². The fraction of sp³-hybridized carbons (Fsp3) is 0.444. The molecule has 0 saturated heterocycles. The first-order valence-corrected chi connectivity index (χ1v) is 4.72. The molecule has 0 unspecified atom stereocenters. The SMILES string of the molecule is CC(C(=O)Nc1ncccn1)(C(F)(F)F)C(F)(F)F. The lowest BCUT2D eigenvalue weighted by atomic mass is 9.88. The van der Waals surface area contributed by atoms with Crippen LogP contribution >= 0.6 is 0 Å². The predicted octanol–water partition coefficient (Wildman–Crippen LogP) is 2.55. The number of aromatic nitrogens is 2. The van der Waals surface area contributed by atoms with Crippen LogP contribution in [0.1, 0.15) is 6.92 Å².